The molecule has 0 aliphatic heterocycles. The molecule has 1 aromatic carbocycles. The first-order valence-electron chi connectivity index (χ1n) is 5.16. The molecule has 1 amide bonds. The minimum atomic E-state index is -4.96. The zero-order chi connectivity index (χ0) is 14.9. The summed E-state index contributed by atoms with van der Waals surface area (Å²) in [4.78, 5) is 10.8. The van der Waals surface area contributed by atoms with E-state index < -0.39 is 12.1 Å². The Hall–Kier alpha value is -1.73. The fourth-order valence-corrected chi connectivity index (χ4v) is 1.64. The van der Waals surface area contributed by atoms with E-state index >= 15 is 0 Å². The number of hydrogen-bond acceptors (Lipinski definition) is 2. The largest absolute Gasteiger partial charge is 0.471 e. The lowest BCUT2D eigenvalue weighted by Crippen LogP contribution is -2.30. The second-order valence-corrected chi connectivity index (χ2v) is 4.51. The Bertz CT molecular complexity index is 655. The van der Waals surface area contributed by atoms with Crippen molar-refractivity contribution in [2.24, 2.45) is 0 Å². The maximum absolute atomic E-state index is 12.1. The molecule has 0 aliphatic rings. The number of rotatable bonds is 2. The van der Waals surface area contributed by atoms with E-state index in [0.29, 0.717) is 10.7 Å². The van der Waals surface area contributed by atoms with Crippen molar-refractivity contribution in [2.45, 2.75) is 6.18 Å². The van der Waals surface area contributed by atoms with Gasteiger partial charge in [-0.3, -0.25) is 4.79 Å². The Labute approximate surface area is 121 Å². The summed E-state index contributed by atoms with van der Waals surface area (Å²) < 4.78 is 37.5. The molecule has 9 heteroatoms. The van der Waals surface area contributed by atoms with Gasteiger partial charge in [0.1, 0.15) is 0 Å². The van der Waals surface area contributed by atoms with E-state index in [1.54, 1.807) is 11.4 Å². The number of amides is 1. The van der Waals surface area contributed by atoms with Crippen molar-refractivity contribution in [3.63, 3.8) is 0 Å². The average Bonchev–Trinajstić information content (AvgIpc) is 2.80. The van der Waals surface area contributed by atoms with E-state index in [9.17, 15) is 18.0 Å². The zero-order valence-electron chi connectivity index (χ0n) is 9.58. The molecule has 0 saturated heterocycles. The normalized spacial score (nSPS) is 11.4. The van der Waals surface area contributed by atoms with Crippen molar-refractivity contribution in [3.05, 3.63) is 40.5 Å². The molecule has 20 heavy (non-hydrogen) atoms. The first kappa shape index (κ1) is 14.7. The summed E-state index contributed by atoms with van der Waals surface area (Å²) in [6.07, 6.45) is -3.58. The predicted molar refractivity (Wildman–Crippen MR) is 68.3 cm³/mol. The van der Waals surface area contributed by atoms with Crippen molar-refractivity contribution in [2.75, 3.05) is 5.32 Å². The highest BCUT2D eigenvalue weighted by Crippen LogP contribution is 2.24. The van der Waals surface area contributed by atoms with Gasteiger partial charge in [-0.15, -0.1) is 0 Å². The van der Waals surface area contributed by atoms with Gasteiger partial charge in [0.25, 0.3) is 0 Å². The highest BCUT2D eigenvalue weighted by Gasteiger charge is 2.39. The standard InChI is InChI=1S/C11H6Cl2F3N3O/c12-7-2-1-6(5-8(7)13)19-4-3-9(18-19)17-10(20)11(14,15)16/h1-5H,(H,17,18,20). The van der Waals surface area contributed by atoms with Crippen molar-refractivity contribution in [1.29, 1.82) is 0 Å². The number of carbonyl (C=O) groups excluding carboxylic acids is 1. The summed E-state index contributed by atoms with van der Waals surface area (Å²) in [5.41, 5.74) is 0.493. The molecule has 0 unspecified atom stereocenters. The molecule has 0 radical (unpaired) electrons. The first-order valence-corrected chi connectivity index (χ1v) is 5.92. The van der Waals surface area contributed by atoms with E-state index in [4.69, 9.17) is 23.2 Å². The summed E-state index contributed by atoms with van der Waals surface area (Å²) >= 11 is 11.6. The minimum Gasteiger partial charge on any atom is -0.301 e. The van der Waals surface area contributed by atoms with Crippen LogP contribution in [0.1, 0.15) is 0 Å². The highest BCUT2D eigenvalue weighted by molar-refractivity contribution is 6.42. The Morgan fingerprint density at radius 1 is 1.20 bits per heavy atom. The third-order valence-electron chi connectivity index (χ3n) is 2.26. The highest BCUT2D eigenvalue weighted by atomic mass is 35.5. The second-order valence-electron chi connectivity index (χ2n) is 3.70. The van der Waals surface area contributed by atoms with Crippen LogP contribution in [0.15, 0.2) is 30.5 Å². The fourth-order valence-electron chi connectivity index (χ4n) is 1.35. The van der Waals surface area contributed by atoms with E-state index in [0.717, 1.165) is 0 Å². The van der Waals surface area contributed by atoms with Gasteiger partial charge < -0.3 is 5.32 Å². The third kappa shape index (κ3) is 3.23. The number of carbonyl (C=O) groups is 1. The van der Waals surface area contributed by atoms with Crippen LogP contribution >= 0.6 is 23.2 Å². The van der Waals surface area contributed by atoms with Crippen LogP contribution in [0.3, 0.4) is 0 Å². The Balaban J connectivity index is 2.21. The van der Waals surface area contributed by atoms with Gasteiger partial charge in [0, 0.05) is 12.3 Å². The molecule has 0 aliphatic carbocycles. The van der Waals surface area contributed by atoms with Crippen LogP contribution in [0, 0.1) is 0 Å². The average molecular weight is 324 g/mol. The summed E-state index contributed by atoms with van der Waals surface area (Å²) in [5.74, 6) is -2.31. The van der Waals surface area contributed by atoms with Gasteiger partial charge in [0.15, 0.2) is 5.82 Å². The molecular formula is C11H6Cl2F3N3O. The monoisotopic (exact) mass is 323 g/mol. The van der Waals surface area contributed by atoms with Crippen LogP contribution in [-0.4, -0.2) is 21.9 Å². The molecule has 0 spiro atoms. The zero-order valence-corrected chi connectivity index (χ0v) is 11.1. The van der Waals surface area contributed by atoms with Gasteiger partial charge >= 0.3 is 12.1 Å². The van der Waals surface area contributed by atoms with Gasteiger partial charge in [-0.05, 0) is 18.2 Å². The number of halogens is 5. The summed E-state index contributed by atoms with van der Waals surface area (Å²) in [6, 6.07) is 5.82. The molecule has 2 aromatic rings. The van der Waals surface area contributed by atoms with Crippen molar-refractivity contribution in [1.82, 2.24) is 9.78 Å². The topological polar surface area (TPSA) is 46.9 Å². The van der Waals surface area contributed by atoms with E-state index in [1.807, 2.05) is 0 Å². The number of alkyl halides is 3. The van der Waals surface area contributed by atoms with Crippen LogP contribution in [0.2, 0.25) is 10.0 Å². The molecular weight excluding hydrogens is 318 g/mol. The Kier molecular flexibility index (Phi) is 3.92. The predicted octanol–water partition coefficient (Wildman–Crippen LogP) is 3.68. The van der Waals surface area contributed by atoms with Crippen LogP contribution in [0.25, 0.3) is 5.69 Å². The number of aromatic nitrogens is 2. The molecule has 0 bridgehead atoms. The van der Waals surface area contributed by atoms with Crippen molar-refractivity contribution in [3.8, 4) is 5.69 Å². The minimum absolute atomic E-state index is 0.224. The quantitative estimate of drug-likeness (QED) is 0.916. The second kappa shape index (κ2) is 5.34. The number of anilines is 1. The summed E-state index contributed by atoms with van der Waals surface area (Å²) in [7, 11) is 0. The summed E-state index contributed by atoms with van der Waals surface area (Å²) in [5, 5.41) is 6.05. The van der Waals surface area contributed by atoms with Gasteiger partial charge in [-0.25, -0.2) is 4.68 Å². The van der Waals surface area contributed by atoms with Gasteiger partial charge in [0.2, 0.25) is 0 Å². The molecule has 1 aromatic heterocycles. The Morgan fingerprint density at radius 2 is 1.90 bits per heavy atom. The molecule has 0 atom stereocenters. The van der Waals surface area contributed by atoms with Crippen LogP contribution < -0.4 is 5.32 Å². The number of nitrogens with one attached hydrogen (secondary N) is 1. The summed E-state index contributed by atoms with van der Waals surface area (Å²) in [6.45, 7) is 0. The van der Waals surface area contributed by atoms with Gasteiger partial charge in [-0.2, -0.15) is 18.3 Å². The SMILES string of the molecule is O=C(Nc1ccn(-c2ccc(Cl)c(Cl)c2)n1)C(F)(F)F. The number of nitrogens with zero attached hydrogens (tertiary/aromatic N) is 2. The lowest BCUT2D eigenvalue weighted by atomic mass is 10.3. The molecule has 2 rings (SSSR count). The van der Waals surface area contributed by atoms with Crippen LogP contribution in [0.5, 0.6) is 0 Å². The molecule has 4 nitrogen and oxygen atoms in total. The van der Waals surface area contributed by atoms with Gasteiger partial charge in [-0.1, -0.05) is 23.2 Å². The number of benzene rings is 1. The molecule has 1 heterocycles. The van der Waals surface area contributed by atoms with Gasteiger partial charge in [0.05, 0.1) is 15.7 Å². The third-order valence-corrected chi connectivity index (χ3v) is 2.99. The van der Waals surface area contributed by atoms with Crippen LogP contribution in [-0.2, 0) is 4.79 Å². The molecule has 1 N–H and O–H groups in total. The van der Waals surface area contributed by atoms with Crippen molar-refractivity contribution < 1.29 is 18.0 Å². The first-order chi connectivity index (χ1) is 9.27. The van der Waals surface area contributed by atoms with Crippen LogP contribution in [0.4, 0.5) is 19.0 Å². The molecule has 0 fully saturated rings. The lowest BCUT2D eigenvalue weighted by molar-refractivity contribution is -0.167. The lowest BCUT2D eigenvalue weighted by Gasteiger charge is -2.05. The van der Waals surface area contributed by atoms with E-state index in [-0.39, 0.29) is 10.8 Å². The Morgan fingerprint density at radius 3 is 2.50 bits per heavy atom. The van der Waals surface area contributed by atoms with E-state index in [2.05, 4.69) is 5.10 Å². The maximum atomic E-state index is 12.1. The fraction of sp³-hybridized carbons (Fsp3) is 0.0909. The molecule has 106 valence electrons. The molecule has 0 saturated carbocycles. The van der Waals surface area contributed by atoms with E-state index in [1.165, 1.54) is 29.1 Å². The van der Waals surface area contributed by atoms with Crippen molar-refractivity contribution >= 4 is 34.9 Å². The smallest absolute Gasteiger partial charge is 0.301 e. The number of hydrogen-bond donors (Lipinski definition) is 1. The maximum Gasteiger partial charge on any atom is 0.471 e.